The lowest BCUT2D eigenvalue weighted by Gasteiger charge is -2.32. The largest absolute Gasteiger partial charge is 0.479 e. The zero-order valence-corrected chi connectivity index (χ0v) is 15.3. The maximum absolute atomic E-state index is 12.4. The number of carbonyl (C=O) groups excluding carboxylic acids is 2. The third-order valence-electron chi connectivity index (χ3n) is 4.65. The van der Waals surface area contributed by atoms with Crippen LogP contribution in [0.25, 0.3) is 0 Å². The Morgan fingerprint density at radius 3 is 2.96 bits per heavy atom. The molecular weight excluding hydrogens is 342 g/mol. The smallest absolute Gasteiger partial charge is 0.268 e. The van der Waals surface area contributed by atoms with Crippen molar-refractivity contribution in [2.75, 3.05) is 31.1 Å². The topological polar surface area (TPSA) is 70.7 Å². The van der Waals surface area contributed by atoms with Crippen LogP contribution in [0.4, 0.5) is 5.69 Å². The number of nitrogens with one attached hydrogen (secondary N) is 2. The molecule has 0 saturated carbocycles. The number of ether oxygens (including phenoxy) is 1. The molecule has 2 atom stereocenters. The van der Waals surface area contributed by atoms with Crippen molar-refractivity contribution >= 4 is 29.9 Å². The Hall–Kier alpha value is -1.79. The molecule has 0 spiro atoms. The molecule has 1 aromatic rings. The average molecular weight is 368 g/mol. The fourth-order valence-electron chi connectivity index (χ4n) is 3.31. The van der Waals surface area contributed by atoms with Gasteiger partial charge in [-0.15, -0.1) is 12.4 Å². The summed E-state index contributed by atoms with van der Waals surface area (Å²) in [6.45, 7) is 4.52. The maximum atomic E-state index is 12.4. The van der Waals surface area contributed by atoms with Gasteiger partial charge in [-0.3, -0.25) is 14.5 Å². The van der Waals surface area contributed by atoms with Gasteiger partial charge in [0, 0.05) is 6.54 Å². The molecule has 3 rings (SSSR count). The molecule has 0 aromatic heterocycles. The van der Waals surface area contributed by atoms with Gasteiger partial charge < -0.3 is 15.4 Å². The van der Waals surface area contributed by atoms with E-state index in [1.165, 1.54) is 17.7 Å². The predicted molar refractivity (Wildman–Crippen MR) is 99.4 cm³/mol. The number of amides is 2. The predicted octanol–water partition coefficient (Wildman–Crippen LogP) is 1.73. The van der Waals surface area contributed by atoms with Gasteiger partial charge in [0.15, 0.2) is 6.10 Å². The second-order valence-electron chi connectivity index (χ2n) is 6.50. The second kappa shape index (κ2) is 9.06. The molecule has 1 aromatic carbocycles. The van der Waals surface area contributed by atoms with Crippen LogP contribution in [0.2, 0.25) is 0 Å². The Morgan fingerprint density at radius 2 is 2.20 bits per heavy atom. The normalized spacial score (nSPS) is 22.4. The number of hydrogen-bond donors (Lipinski definition) is 2. The van der Waals surface area contributed by atoms with Crippen LogP contribution in [0.5, 0.6) is 5.75 Å². The second-order valence-corrected chi connectivity index (χ2v) is 6.50. The quantitative estimate of drug-likeness (QED) is 0.831. The summed E-state index contributed by atoms with van der Waals surface area (Å²) in [5.74, 6) is 0.965. The standard InChI is InChI=1S/C18H25N3O3.ClH/c1-13-18(23)21(15-6-2-3-7-16(15)24-13)12-17(22)20-10-8-14-5-4-9-19-11-14;/h2-3,6-7,13-14,19H,4-5,8-12H2,1H3,(H,20,22);1H. The van der Waals surface area contributed by atoms with E-state index in [0.29, 0.717) is 23.9 Å². The van der Waals surface area contributed by atoms with Gasteiger partial charge in [-0.25, -0.2) is 0 Å². The van der Waals surface area contributed by atoms with Crippen molar-refractivity contribution in [1.29, 1.82) is 0 Å². The summed E-state index contributed by atoms with van der Waals surface area (Å²) < 4.78 is 5.59. The summed E-state index contributed by atoms with van der Waals surface area (Å²) in [6, 6.07) is 7.32. The van der Waals surface area contributed by atoms with Crippen molar-refractivity contribution in [2.24, 2.45) is 5.92 Å². The third-order valence-corrected chi connectivity index (χ3v) is 4.65. The molecular formula is C18H26ClN3O3. The molecule has 2 aliphatic heterocycles. The first-order valence-corrected chi connectivity index (χ1v) is 8.69. The van der Waals surface area contributed by atoms with Crippen LogP contribution < -0.4 is 20.3 Å². The molecule has 2 amide bonds. The number of halogens is 1. The molecule has 1 fully saturated rings. The fraction of sp³-hybridized carbons (Fsp3) is 0.556. The Kier molecular flexibility index (Phi) is 7.08. The first kappa shape index (κ1) is 19.5. The van der Waals surface area contributed by atoms with Crippen molar-refractivity contribution in [1.82, 2.24) is 10.6 Å². The Balaban J connectivity index is 0.00000225. The SMILES string of the molecule is CC1Oc2ccccc2N(CC(=O)NCCC2CCCNC2)C1=O.Cl. The first-order chi connectivity index (χ1) is 11.6. The minimum Gasteiger partial charge on any atom is -0.479 e. The molecule has 2 heterocycles. The van der Waals surface area contributed by atoms with Crippen LogP contribution in [0.15, 0.2) is 24.3 Å². The number of benzene rings is 1. The monoisotopic (exact) mass is 367 g/mol. The number of carbonyl (C=O) groups is 2. The van der Waals surface area contributed by atoms with Gasteiger partial charge in [-0.2, -0.15) is 0 Å². The van der Waals surface area contributed by atoms with Gasteiger partial charge in [-0.05, 0) is 57.3 Å². The van der Waals surface area contributed by atoms with Gasteiger partial charge in [0.2, 0.25) is 5.91 Å². The summed E-state index contributed by atoms with van der Waals surface area (Å²) >= 11 is 0. The van der Waals surface area contributed by atoms with Crippen molar-refractivity contribution in [2.45, 2.75) is 32.3 Å². The summed E-state index contributed by atoms with van der Waals surface area (Å²) in [5.41, 5.74) is 0.659. The first-order valence-electron chi connectivity index (χ1n) is 8.69. The van der Waals surface area contributed by atoms with E-state index < -0.39 is 6.10 Å². The van der Waals surface area contributed by atoms with E-state index in [2.05, 4.69) is 10.6 Å². The summed E-state index contributed by atoms with van der Waals surface area (Å²) in [5, 5.41) is 6.32. The van der Waals surface area contributed by atoms with Gasteiger partial charge in [0.1, 0.15) is 12.3 Å². The van der Waals surface area contributed by atoms with Gasteiger partial charge in [0.25, 0.3) is 5.91 Å². The number of rotatable bonds is 5. The number of fused-ring (bicyclic) bond motifs is 1. The molecule has 6 nitrogen and oxygen atoms in total. The molecule has 25 heavy (non-hydrogen) atoms. The zero-order chi connectivity index (χ0) is 16.9. The summed E-state index contributed by atoms with van der Waals surface area (Å²) in [6.07, 6.45) is 2.83. The Bertz CT molecular complexity index is 605. The van der Waals surface area contributed by atoms with E-state index in [1.54, 1.807) is 13.0 Å². The van der Waals surface area contributed by atoms with E-state index in [4.69, 9.17) is 4.74 Å². The highest BCUT2D eigenvalue weighted by atomic mass is 35.5. The van der Waals surface area contributed by atoms with Crippen molar-refractivity contribution in [3.8, 4) is 5.75 Å². The molecule has 7 heteroatoms. The van der Waals surface area contributed by atoms with Crippen molar-refractivity contribution < 1.29 is 14.3 Å². The highest BCUT2D eigenvalue weighted by molar-refractivity contribution is 6.03. The number of hydrogen-bond acceptors (Lipinski definition) is 4. The van der Waals surface area contributed by atoms with Gasteiger partial charge in [0.05, 0.1) is 5.69 Å². The lowest BCUT2D eigenvalue weighted by molar-refractivity contribution is -0.128. The highest BCUT2D eigenvalue weighted by Gasteiger charge is 2.32. The van der Waals surface area contributed by atoms with E-state index in [1.807, 2.05) is 18.2 Å². The van der Waals surface area contributed by atoms with Crippen molar-refractivity contribution in [3.63, 3.8) is 0 Å². The minimum absolute atomic E-state index is 0. The Labute approximate surface area is 154 Å². The van der Waals surface area contributed by atoms with Crippen LogP contribution in [0.3, 0.4) is 0 Å². The van der Waals surface area contributed by atoms with Crippen LogP contribution in [-0.4, -0.2) is 44.1 Å². The molecule has 2 aliphatic rings. The zero-order valence-electron chi connectivity index (χ0n) is 14.5. The van der Waals surface area contributed by atoms with E-state index in [-0.39, 0.29) is 30.8 Å². The third kappa shape index (κ3) is 4.86. The van der Waals surface area contributed by atoms with Crippen LogP contribution in [0.1, 0.15) is 26.2 Å². The number of piperidine rings is 1. The van der Waals surface area contributed by atoms with E-state index in [0.717, 1.165) is 19.5 Å². The van der Waals surface area contributed by atoms with Gasteiger partial charge in [-0.1, -0.05) is 12.1 Å². The minimum atomic E-state index is -0.569. The number of para-hydroxylation sites is 2. The molecule has 138 valence electrons. The van der Waals surface area contributed by atoms with Crippen LogP contribution in [-0.2, 0) is 9.59 Å². The molecule has 0 bridgehead atoms. The van der Waals surface area contributed by atoms with Crippen LogP contribution in [0, 0.1) is 5.92 Å². The number of nitrogens with zero attached hydrogens (tertiary/aromatic N) is 1. The molecule has 2 N–H and O–H groups in total. The molecule has 0 radical (unpaired) electrons. The van der Waals surface area contributed by atoms with Crippen molar-refractivity contribution in [3.05, 3.63) is 24.3 Å². The lowest BCUT2D eigenvalue weighted by atomic mass is 9.96. The van der Waals surface area contributed by atoms with Crippen LogP contribution >= 0.6 is 12.4 Å². The molecule has 1 saturated heterocycles. The van der Waals surface area contributed by atoms with E-state index in [9.17, 15) is 9.59 Å². The summed E-state index contributed by atoms with van der Waals surface area (Å²) in [4.78, 5) is 26.1. The lowest BCUT2D eigenvalue weighted by Crippen LogP contribution is -2.49. The number of anilines is 1. The summed E-state index contributed by atoms with van der Waals surface area (Å²) in [7, 11) is 0. The molecule has 0 aliphatic carbocycles. The Morgan fingerprint density at radius 1 is 1.40 bits per heavy atom. The molecule has 2 unspecified atom stereocenters. The average Bonchev–Trinajstić information content (AvgIpc) is 2.60. The van der Waals surface area contributed by atoms with E-state index >= 15 is 0 Å². The maximum Gasteiger partial charge on any atom is 0.268 e. The van der Waals surface area contributed by atoms with Gasteiger partial charge >= 0.3 is 0 Å². The fourth-order valence-corrected chi connectivity index (χ4v) is 3.31. The highest BCUT2D eigenvalue weighted by Crippen LogP contribution is 2.33.